The van der Waals surface area contributed by atoms with Crippen molar-refractivity contribution in [3.8, 4) is 22.3 Å². The highest BCUT2D eigenvalue weighted by Gasteiger charge is 2.37. The highest BCUT2D eigenvalue weighted by atomic mass is 16.5. The third-order valence-corrected chi connectivity index (χ3v) is 9.95. The van der Waals surface area contributed by atoms with E-state index in [1.54, 1.807) is 7.11 Å². The van der Waals surface area contributed by atoms with Crippen molar-refractivity contribution in [1.82, 2.24) is 0 Å². The van der Waals surface area contributed by atoms with Crippen LogP contribution in [0.25, 0.3) is 39.5 Å². The SMILES string of the molecule is C=Cc1cccc2c1/C(=C\C)c1c(C)c3c(c(C)c1-2)C(=C)c1c-3ccc(N(C2=CCC=C(OC)C=C2)c2ccccc2)c1C/C=C\C. The van der Waals surface area contributed by atoms with Crippen LogP contribution < -0.4 is 4.90 Å². The van der Waals surface area contributed by atoms with Gasteiger partial charge < -0.3 is 9.64 Å². The van der Waals surface area contributed by atoms with Crippen molar-refractivity contribution in [1.29, 1.82) is 0 Å². The average molecular weight is 612 g/mol. The fourth-order valence-corrected chi connectivity index (χ4v) is 7.94. The van der Waals surface area contributed by atoms with Crippen molar-refractivity contribution in [3.63, 3.8) is 0 Å². The maximum Gasteiger partial charge on any atom is 0.115 e. The molecule has 0 atom stereocenters. The van der Waals surface area contributed by atoms with Crippen LogP contribution in [0, 0.1) is 13.8 Å². The van der Waals surface area contributed by atoms with Gasteiger partial charge in [0.15, 0.2) is 0 Å². The molecule has 0 aliphatic heterocycles. The lowest BCUT2D eigenvalue weighted by molar-refractivity contribution is 0.306. The molecule has 3 aliphatic carbocycles. The molecule has 232 valence electrons. The van der Waals surface area contributed by atoms with Crippen LogP contribution in [-0.4, -0.2) is 7.11 Å². The molecule has 3 aliphatic rings. The van der Waals surface area contributed by atoms with Crippen LogP contribution in [-0.2, 0) is 11.2 Å². The Kier molecular flexibility index (Phi) is 7.82. The summed E-state index contributed by atoms with van der Waals surface area (Å²) in [6, 6.07) is 21.9. The lowest BCUT2D eigenvalue weighted by Crippen LogP contribution is -2.17. The summed E-state index contributed by atoms with van der Waals surface area (Å²) >= 11 is 0. The Labute approximate surface area is 279 Å². The van der Waals surface area contributed by atoms with E-state index in [9.17, 15) is 0 Å². The molecule has 0 N–H and O–H groups in total. The number of ether oxygens (including phenoxy) is 1. The molecule has 7 rings (SSSR count). The fraction of sp³-hybridized carbons (Fsp3) is 0.156. The minimum Gasteiger partial charge on any atom is -0.497 e. The van der Waals surface area contributed by atoms with E-state index in [2.05, 4.69) is 142 Å². The van der Waals surface area contributed by atoms with Crippen molar-refractivity contribution in [2.24, 2.45) is 0 Å². The van der Waals surface area contributed by atoms with E-state index in [-0.39, 0.29) is 0 Å². The van der Waals surface area contributed by atoms with Crippen molar-refractivity contribution in [3.05, 3.63) is 172 Å². The molecule has 0 spiro atoms. The minimum absolute atomic E-state index is 0.786. The van der Waals surface area contributed by atoms with Crippen LogP contribution in [0.4, 0.5) is 11.4 Å². The van der Waals surface area contributed by atoms with Gasteiger partial charge in [-0.1, -0.05) is 86.0 Å². The quantitative estimate of drug-likeness (QED) is 0.167. The topological polar surface area (TPSA) is 12.5 Å². The zero-order valence-electron chi connectivity index (χ0n) is 28.1. The normalized spacial score (nSPS) is 15.2. The maximum absolute atomic E-state index is 5.60. The number of rotatable bonds is 7. The van der Waals surface area contributed by atoms with Gasteiger partial charge in [0.2, 0.25) is 0 Å². The molecule has 0 radical (unpaired) electrons. The van der Waals surface area contributed by atoms with Gasteiger partial charge in [0.1, 0.15) is 5.76 Å². The predicted octanol–water partition coefficient (Wildman–Crippen LogP) is 12.1. The summed E-state index contributed by atoms with van der Waals surface area (Å²) in [5.41, 5.74) is 21.2. The number of para-hydroxylation sites is 1. The Morgan fingerprint density at radius 3 is 2.26 bits per heavy atom. The Balaban J connectivity index is 1.48. The number of hydrogen-bond donors (Lipinski definition) is 0. The Morgan fingerprint density at radius 2 is 1.53 bits per heavy atom. The number of anilines is 2. The standard InChI is InChI=1S/C45H41NO/c1-8-11-22-36-39(46(32-18-13-12-14-19-32)33-20-16-21-34(47-7)25-24-33)27-26-38-41(36)28(4)40-29(5)44-37-23-15-17-31(9-2)45(37)35(10-3)42(44)30(6)43(38)40/h8-15,17-21,23-27H,2,4,16,22H2,1,3,5-7H3/b11-8-,35-10-. The zero-order chi connectivity index (χ0) is 32.8. The first kappa shape index (κ1) is 30.3. The molecule has 2 nitrogen and oxygen atoms in total. The summed E-state index contributed by atoms with van der Waals surface area (Å²) in [7, 11) is 1.73. The van der Waals surface area contributed by atoms with E-state index in [0.29, 0.717) is 0 Å². The van der Waals surface area contributed by atoms with Gasteiger partial charge in [-0.3, -0.25) is 0 Å². The van der Waals surface area contributed by atoms with Gasteiger partial charge in [0, 0.05) is 11.4 Å². The van der Waals surface area contributed by atoms with Gasteiger partial charge in [-0.05, 0) is 155 Å². The molecule has 0 amide bonds. The second-order valence-electron chi connectivity index (χ2n) is 12.3. The molecule has 4 aromatic carbocycles. The average Bonchev–Trinajstić information content (AvgIpc) is 3.49. The molecule has 0 unspecified atom stereocenters. The van der Waals surface area contributed by atoms with Gasteiger partial charge >= 0.3 is 0 Å². The first-order chi connectivity index (χ1) is 22.9. The van der Waals surface area contributed by atoms with E-state index in [1.807, 2.05) is 6.08 Å². The van der Waals surface area contributed by atoms with E-state index < -0.39 is 0 Å². The van der Waals surface area contributed by atoms with Crippen molar-refractivity contribution in [2.45, 2.75) is 40.5 Å². The maximum atomic E-state index is 5.60. The molecule has 0 bridgehead atoms. The molecular formula is C45H41NO. The van der Waals surface area contributed by atoms with Crippen LogP contribution in [0.15, 0.2) is 128 Å². The van der Waals surface area contributed by atoms with E-state index >= 15 is 0 Å². The van der Waals surface area contributed by atoms with Crippen molar-refractivity contribution >= 4 is 28.6 Å². The summed E-state index contributed by atoms with van der Waals surface area (Å²) in [6.45, 7) is 17.9. The first-order valence-electron chi connectivity index (χ1n) is 16.5. The molecule has 0 heterocycles. The van der Waals surface area contributed by atoms with Gasteiger partial charge in [0.05, 0.1) is 12.8 Å². The second-order valence-corrected chi connectivity index (χ2v) is 12.3. The molecule has 0 fully saturated rings. The molecule has 0 saturated heterocycles. The Hall–Kier alpha value is -5.34. The smallest absolute Gasteiger partial charge is 0.115 e. The highest BCUT2D eigenvalue weighted by Crippen LogP contribution is 2.58. The van der Waals surface area contributed by atoms with Gasteiger partial charge in [-0.2, -0.15) is 0 Å². The number of hydrogen-bond acceptors (Lipinski definition) is 2. The lowest BCUT2D eigenvalue weighted by atomic mass is 9.86. The van der Waals surface area contributed by atoms with Crippen LogP contribution in [0.3, 0.4) is 0 Å². The number of fused-ring (bicyclic) bond motifs is 6. The number of benzene rings is 4. The summed E-state index contributed by atoms with van der Waals surface area (Å²) < 4.78 is 5.60. The summed E-state index contributed by atoms with van der Waals surface area (Å²) in [5.74, 6) is 0.873. The van der Waals surface area contributed by atoms with Crippen molar-refractivity contribution < 1.29 is 4.74 Å². The zero-order valence-corrected chi connectivity index (χ0v) is 28.1. The molecular weight excluding hydrogens is 571 g/mol. The number of methoxy groups -OCH3 is 1. The number of nitrogens with zero attached hydrogens (tertiary/aromatic N) is 1. The highest BCUT2D eigenvalue weighted by molar-refractivity contribution is 6.13. The Morgan fingerprint density at radius 1 is 0.787 bits per heavy atom. The molecule has 0 saturated carbocycles. The van der Waals surface area contributed by atoms with E-state index in [4.69, 9.17) is 11.3 Å². The summed E-state index contributed by atoms with van der Waals surface area (Å²) in [6.07, 6.45) is 18.9. The van der Waals surface area contributed by atoms with Crippen LogP contribution in [0.2, 0.25) is 0 Å². The third kappa shape index (κ3) is 4.62. The Bertz CT molecular complexity index is 2130. The van der Waals surface area contributed by atoms with E-state index in [1.165, 1.54) is 72.3 Å². The third-order valence-electron chi connectivity index (χ3n) is 9.95. The second kappa shape index (κ2) is 12.1. The molecule has 0 aromatic heterocycles. The summed E-state index contributed by atoms with van der Waals surface area (Å²) in [5, 5.41) is 0. The lowest BCUT2D eigenvalue weighted by Gasteiger charge is -2.30. The van der Waals surface area contributed by atoms with Crippen molar-refractivity contribution in [2.75, 3.05) is 12.0 Å². The fourth-order valence-electron chi connectivity index (χ4n) is 7.94. The van der Waals surface area contributed by atoms with Gasteiger partial charge in [0.25, 0.3) is 0 Å². The predicted molar refractivity (Wildman–Crippen MR) is 202 cm³/mol. The van der Waals surface area contributed by atoms with Crippen LogP contribution >= 0.6 is 0 Å². The van der Waals surface area contributed by atoms with Gasteiger partial charge in [-0.25, -0.2) is 0 Å². The molecule has 4 aromatic rings. The first-order valence-corrected chi connectivity index (χ1v) is 16.5. The summed E-state index contributed by atoms with van der Waals surface area (Å²) in [4.78, 5) is 2.39. The van der Waals surface area contributed by atoms with Crippen LogP contribution in [0.5, 0.6) is 0 Å². The monoisotopic (exact) mass is 611 g/mol. The molecule has 2 heteroatoms. The van der Waals surface area contributed by atoms with E-state index in [0.717, 1.165) is 41.2 Å². The molecule has 47 heavy (non-hydrogen) atoms. The minimum atomic E-state index is 0.786. The number of allylic oxidation sites excluding steroid dienone is 7. The largest absolute Gasteiger partial charge is 0.497 e. The van der Waals surface area contributed by atoms with Crippen LogP contribution in [0.1, 0.15) is 64.8 Å². The van der Waals surface area contributed by atoms with Gasteiger partial charge in [-0.15, -0.1) is 0 Å².